The molecule has 7 heteroatoms. The molecule has 5 rings (SSSR count). The summed E-state index contributed by atoms with van der Waals surface area (Å²) in [4.78, 5) is 22.7. The number of carbonyl (C=O) groups excluding carboxylic acids is 1. The summed E-state index contributed by atoms with van der Waals surface area (Å²) in [6.45, 7) is 2.85. The Morgan fingerprint density at radius 3 is 3.00 bits per heavy atom. The lowest BCUT2D eigenvalue weighted by molar-refractivity contribution is 0.0695. The summed E-state index contributed by atoms with van der Waals surface area (Å²) in [5, 5.41) is 5.25. The van der Waals surface area contributed by atoms with Gasteiger partial charge in [-0.3, -0.25) is 4.79 Å². The van der Waals surface area contributed by atoms with E-state index in [0.717, 1.165) is 42.8 Å². The highest BCUT2D eigenvalue weighted by atomic mass is 16.5. The lowest BCUT2D eigenvalue weighted by Crippen LogP contribution is -2.39. The van der Waals surface area contributed by atoms with Crippen molar-refractivity contribution in [2.24, 2.45) is 5.92 Å². The van der Waals surface area contributed by atoms with Crippen LogP contribution in [0.4, 0.5) is 0 Å². The minimum atomic E-state index is 0.0567. The molecule has 2 aromatic heterocycles. The fourth-order valence-corrected chi connectivity index (χ4v) is 4.85. The molecule has 1 saturated carbocycles. The maximum Gasteiger partial charge on any atom is 0.253 e. The molecule has 1 aromatic carbocycles. The second-order valence-corrected chi connectivity index (χ2v) is 8.89. The van der Waals surface area contributed by atoms with Crippen molar-refractivity contribution in [3.63, 3.8) is 0 Å². The first-order valence-corrected chi connectivity index (χ1v) is 11.5. The van der Waals surface area contributed by atoms with Gasteiger partial charge in [0.2, 0.25) is 5.89 Å². The zero-order valence-electron chi connectivity index (χ0n) is 17.9. The molecule has 1 amide bonds. The predicted octanol–water partition coefficient (Wildman–Crippen LogP) is 4.32. The van der Waals surface area contributed by atoms with Crippen LogP contribution in [0, 0.1) is 5.92 Å². The molecule has 1 aliphatic heterocycles. The number of piperidine rings is 1. The number of aromatic nitrogens is 3. The van der Waals surface area contributed by atoms with Crippen molar-refractivity contribution in [3.05, 3.63) is 47.7 Å². The van der Waals surface area contributed by atoms with E-state index in [2.05, 4.69) is 15.1 Å². The van der Waals surface area contributed by atoms with Crippen LogP contribution < -0.4 is 0 Å². The minimum Gasteiger partial charge on any atom is -0.381 e. The maximum atomic E-state index is 13.1. The van der Waals surface area contributed by atoms with Gasteiger partial charge in [-0.2, -0.15) is 4.98 Å². The number of likely N-dealkylation sites (tertiary alicyclic amines) is 1. The van der Waals surface area contributed by atoms with Gasteiger partial charge in [-0.05, 0) is 55.2 Å². The highest BCUT2D eigenvalue weighted by Gasteiger charge is 2.29. The number of fused-ring (bicyclic) bond motifs is 1. The van der Waals surface area contributed by atoms with E-state index in [1.54, 1.807) is 0 Å². The molecule has 1 saturated heterocycles. The van der Waals surface area contributed by atoms with Gasteiger partial charge < -0.3 is 19.1 Å². The lowest BCUT2D eigenvalue weighted by atomic mass is 9.97. The van der Waals surface area contributed by atoms with Gasteiger partial charge in [0.15, 0.2) is 5.82 Å². The van der Waals surface area contributed by atoms with E-state index >= 15 is 0 Å². The molecule has 7 nitrogen and oxygen atoms in total. The van der Waals surface area contributed by atoms with Crippen LogP contribution in [0.3, 0.4) is 0 Å². The number of hydrogen-bond donors (Lipinski definition) is 1. The molecule has 3 aromatic rings. The Morgan fingerprint density at radius 1 is 1.19 bits per heavy atom. The quantitative estimate of drug-likeness (QED) is 0.573. The number of amides is 1. The van der Waals surface area contributed by atoms with E-state index in [1.165, 1.54) is 25.7 Å². The number of nitrogens with one attached hydrogen (secondary N) is 1. The predicted molar refractivity (Wildman–Crippen MR) is 117 cm³/mol. The third-order valence-corrected chi connectivity index (χ3v) is 6.64. The van der Waals surface area contributed by atoms with Gasteiger partial charge in [-0.25, -0.2) is 0 Å². The number of nitrogens with zero attached hydrogens (tertiary/aromatic N) is 3. The van der Waals surface area contributed by atoms with Crippen molar-refractivity contribution in [1.82, 2.24) is 20.0 Å². The topological polar surface area (TPSA) is 84.2 Å². The summed E-state index contributed by atoms with van der Waals surface area (Å²) < 4.78 is 11.4. The van der Waals surface area contributed by atoms with Gasteiger partial charge in [-0.1, -0.05) is 24.1 Å². The fraction of sp³-hybridized carbons (Fsp3) is 0.542. The largest absolute Gasteiger partial charge is 0.381 e. The molecule has 2 fully saturated rings. The zero-order chi connectivity index (χ0) is 21.0. The Hall–Kier alpha value is -2.67. The Kier molecular flexibility index (Phi) is 6.02. The number of H-pyrrole nitrogens is 1. The normalized spacial score (nSPS) is 20.0. The monoisotopic (exact) mass is 422 g/mol. The first kappa shape index (κ1) is 20.2. The van der Waals surface area contributed by atoms with E-state index in [9.17, 15) is 4.79 Å². The van der Waals surface area contributed by atoms with Crippen LogP contribution in [0.2, 0.25) is 0 Å². The Balaban J connectivity index is 1.16. The smallest absolute Gasteiger partial charge is 0.253 e. The lowest BCUT2D eigenvalue weighted by Gasteiger charge is -2.31. The van der Waals surface area contributed by atoms with E-state index in [1.807, 2.05) is 35.4 Å². The number of aromatic amines is 1. The van der Waals surface area contributed by atoms with Gasteiger partial charge in [0.25, 0.3) is 5.91 Å². The van der Waals surface area contributed by atoms with E-state index in [0.29, 0.717) is 36.9 Å². The standard InChI is InChI=1S/C24H30N4O3/c29-24(19-8-7-18-9-11-25-21(18)14-19)28-12-3-6-20(15-28)23-26-22(27-31-23)10-13-30-16-17-4-1-2-5-17/h7-9,11,14,17,20,25H,1-6,10,12-13,15-16H2. The molecule has 1 aliphatic carbocycles. The maximum absolute atomic E-state index is 13.1. The van der Waals surface area contributed by atoms with Gasteiger partial charge in [0, 0.05) is 43.4 Å². The fourth-order valence-electron chi connectivity index (χ4n) is 4.85. The number of rotatable bonds is 7. The molecule has 1 unspecified atom stereocenters. The molecule has 164 valence electrons. The minimum absolute atomic E-state index is 0.0567. The van der Waals surface area contributed by atoms with Gasteiger partial charge in [0.1, 0.15) is 0 Å². The molecule has 0 bridgehead atoms. The molecule has 1 N–H and O–H groups in total. The van der Waals surface area contributed by atoms with E-state index < -0.39 is 0 Å². The highest BCUT2D eigenvalue weighted by molar-refractivity contribution is 5.98. The number of hydrogen-bond acceptors (Lipinski definition) is 5. The van der Waals surface area contributed by atoms with Gasteiger partial charge in [-0.15, -0.1) is 0 Å². The van der Waals surface area contributed by atoms with Gasteiger partial charge >= 0.3 is 0 Å². The van der Waals surface area contributed by atoms with Crippen molar-refractivity contribution >= 4 is 16.8 Å². The van der Waals surface area contributed by atoms with Crippen LogP contribution >= 0.6 is 0 Å². The highest BCUT2D eigenvalue weighted by Crippen LogP contribution is 2.28. The SMILES string of the molecule is O=C(c1ccc2cc[nH]c2c1)N1CCCC(c2nc(CCOCC3CCCC3)no2)C1. The van der Waals surface area contributed by atoms with Crippen molar-refractivity contribution in [2.45, 2.75) is 50.9 Å². The Labute approximate surface area is 182 Å². The summed E-state index contributed by atoms with van der Waals surface area (Å²) in [6, 6.07) is 7.82. The molecule has 0 spiro atoms. The second-order valence-electron chi connectivity index (χ2n) is 8.89. The molecular weight excluding hydrogens is 392 g/mol. The van der Waals surface area contributed by atoms with Gasteiger partial charge in [0.05, 0.1) is 12.5 Å². The third-order valence-electron chi connectivity index (χ3n) is 6.64. The summed E-state index contributed by atoms with van der Waals surface area (Å²) in [7, 11) is 0. The van der Waals surface area contributed by atoms with E-state index in [4.69, 9.17) is 9.26 Å². The molecule has 31 heavy (non-hydrogen) atoms. The molecule has 2 aliphatic rings. The summed E-state index contributed by atoms with van der Waals surface area (Å²) in [5.41, 5.74) is 1.69. The second kappa shape index (κ2) is 9.22. The third kappa shape index (κ3) is 4.66. The van der Waals surface area contributed by atoms with Crippen molar-refractivity contribution < 1.29 is 14.1 Å². The number of benzene rings is 1. The van der Waals surface area contributed by atoms with Crippen LogP contribution in [0.5, 0.6) is 0 Å². The Morgan fingerprint density at radius 2 is 2.10 bits per heavy atom. The Bertz CT molecular complexity index is 1020. The first-order valence-electron chi connectivity index (χ1n) is 11.5. The zero-order valence-corrected chi connectivity index (χ0v) is 17.9. The average Bonchev–Trinajstić information content (AvgIpc) is 3.57. The van der Waals surface area contributed by atoms with Crippen LogP contribution in [-0.4, -0.2) is 52.2 Å². The molecule has 0 radical (unpaired) electrons. The number of ether oxygens (including phenoxy) is 1. The first-order chi connectivity index (χ1) is 15.3. The average molecular weight is 423 g/mol. The summed E-state index contributed by atoms with van der Waals surface area (Å²) in [6.07, 6.45) is 9.71. The van der Waals surface area contributed by atoms with Crippen molar-refractivity contribution in [3.8, 4) is 0 Å². The summed E-state index contributed by atoms with van der Waals surface area (Å²) >= 11 is 0. The van der Waals surface area contributed by atoms with E-state index in [-0.39, 0.29) is 11.8 Å². The van der Waals surface area contributed by atoms with Crippen LogP contribution in [-0.2, 0) is 11.2 Å². The van der Waals surface area contributed by atoms with Crippen molar-refractivity contribution in [1.29, 1.82) is 0 Å². The molecule has 3 heterocycles. The van der Waals surface area contributed by atoms with Crippen LogP contribution in [0.25, 0.3) is 10.9 Å². The van der Waals surface area contributed by atoms with Crippen LogP contribution in [0.15, 0.2) is 35.0 Å². The van der Waals surface area contributed by atoms with Crippen molar-refractivity contribution in [2.75, 3.05) is 26.3 Å². The molecule has 1 atom stereocenters. The molecular formula is C24H30N4O3. The summed E-state index contributed by atoms with van der Waals surface area (Å²) in [5.74, 6) is 2.21. The van der Waals surface area contributed by atoms with Crippen LogP contribution in [0.1, 0.15) is 66.5 Å². The number of carbonyl (C=O) groups is 1.